The van der Waals surface area contributed by atoms with E-state index in [2.05, 4.69) is 15.9 Å². The number of hydrogen-bond donors (Lipinski definition) is 0. The summed E-state index contributed by atoms with van der Waals surface area (Å²) in [5.74, 6) is 0. The van der Waals surface area contributed by atoms with E-state index in [0.717, 1.165) is 4.47 Å². The van der Waals surface area contributed by atoms with Gasteiger partial charge in [0.2, 0.25) is 0 Å². The maximum absolute atomic E-state index is 13.2. The molecule has 3 nitrogen and oxygen atoms in total. The van der Waals surface area contributed by atoms with Gasteiger partial charge < -0.3 is 9.64 Å². The third kappa shape index (κ3) is 5.88. The molecule has 1 unspecified atom stereocenters. The SMILES string of the molecule is CC(C)(C)OC(=O)N1C/C(=C(\Cl)c2ccc(Br)cc2)C(C)(CC(F)(F)F)C1. The molecule has 1 aliphatic heterocycles. The van der Waals surface area contributed by atoms with Crippen LogP contribution in [-0.4, -0.2) is 35.9 Å². The Balaban J connectivity index is 2.43. The third-order valence-electron chi connectivity index (χ3n) is 4.22. The summed E-state index contributed by atoms with van der Waals surface area (Å²) in [7, 11) is 0. The maximum Gasteiger partial charge on any atom is 0.410 e. The first kappa shape index (κ1) is 22.1. The molecule has 0 aromatic heterocycles. The zero-order chi connectivity index (χ0) is 20.6. The Morgan fingerprint density at radius 3 is 2.30 bits per heavy atom. The number of amides is 1. The van der Waals surface area contributed by atoms with Crippen LogP contribution in [0.25, 0.3) is 5.03 Å². The number of hydrogen-bond acceptors (Lipinski definition) is 2. The molecule has 0 saturated carbocycles. The zero-order valence-corrected chi connectivity index (χ0v) is 17.9. The minimum Gasteiger partial charge on any atom is -0.444 e. The van der Waals surface area contributed by atoms with Crippen LogP contribution in [0.2, 0.25) is 0 Å². The topological polar surface area (TPSA) is 29.5 Å². The van der Waals surface area contributed by atoms with Crippen molar-refractivity contribution in [2.75, 3.05) is 13.1 Å². The van der Waals surface area contributed by atoms with Crippen LogP contribution in [0, 0.1) is 5.41 Å². The van der Waals surface area contributed by atoms with Gasteiger partial charge in [0.25, 0.3) is 0 Å². The minimum absolute atomic E-state index is 0.00358. The largest absolute Gasteiger partial charge is 0.444 e. The molecule has 0 spiro atoms. The number of halogens is 5. The van der Waals surface area contributed by atoms with Gasteiger partial charge in [0.1, 0.15) is 5.60 Å². The van der Waals surface area contributed by atoms with Gasteiger partial charge in [0.15, 0.2) is 0 Å². The van der Waals surface area contributed by atoms with E-state index in [-0.39, 0.29) is 18.1 Å². The van der Waals surface area contributed by atoms with Crippen molar-refractivity contribution in [1.29, 1.82) is 0 Å². The maximum atomic E-state index is 13.2. The standard InChI is InChI=1S/C19H22BrClF3NO2/c1-17(2,3)27-16(26)25-9-14(18(4,11-25)10-19(22,23)24)15(21)12-5-7-13(20)8-6-12/h5-8H,9-11H2,1-4H3/b15-14+. The lowest BCUT2D eigenvalue weighted by atomic mass is 9.80. The van der Waals surface area contributed by atoms with Crippen LogP contribution >= 0.6 is 27.5 Å². The van der Waals surface area contributed by atoms with Crippen molar-refractivity contribution < 1.29 is 22.7 Å². The zero-order valence-electron chi connectivity index (χ0n) is 15.6. The molecule has 8 heteroatoms. The van der Waals surface area contributed by atoms with Gasteiger partial charge in [0, 0.05) is 28.0 Å². The Kier molecular flexibility index (Phi) is 6.27. The van der Waals surface area contributed by atoms with Crippen LogP contribution < -0.4 is 0 Å². The first-order valence-electron chi connectivity index (χ1n) is 8.40. The molecule has 1 aromatic rings. The smallest absolute Gasteiger partial charge is 0.410 e. The number of ether oxygens (including phenoxy) is 1. The molecule has 150 valence electrons. The molecule has 0 aliphatic carbocycles. The van der Waals surface area contributed by atoms with Crippen molar-refractivity contribution in [3.63, 3.8) is 0 Å². The van der Waals surface area contributed by atoms with Gasteiger partial charge in [-0.2, -0.15) is 13.2 Å². The third-order valence-corrected chi connectivity index (χ3v) is 5.20. The van der Waals surface area contributed by atoms with Crippen LogP contribution in [-0.2, 0) is 4.74 Å². The number of carbonyl (C=O) groups excluding carboxylic acids is 1. The fourth-order valence-corrected chi connectivity index (χ4v) is 3.80. The summed E-state index contributed by atoms with van der Waals surface area (Å²) in [6.07, 6.45) is -6.10. The van der Waals surface area contributed by atoms with E-state index in [1.54, 1.807) is 45.0 Å². The van der Waals surface area contributed by atoms with Crippen molar-refractivity contribution in [1.82, 2.24) is 4.90 Å². The Morgan fingerprint density at radius 1 is 1.26 bits per heavy atom. The summed E-state index contributed by atoms with van der Waals surface area (Å²) < 4.78 is 45.9. The summed E-state index contributed by atoms with van der Waals surface area (Å²) in [6, 6.07) is 6.98. The van der Waals surface area contributed by atoms with Gasteiger partial charge in [-0.25, -0.2) is 4.79 Å². The average Bonchev–Trinajstić information content (AvgIpc) is 2.81. The normalized spacial score (nSPS) is 22.8. The molecule has 1 heterocycles. The molecule has 1 fully saturated rings. The van der Waals surface area contributed by atoms with Gasteiger partial charge in [-0.05, 0) is 44.0 Å². The highest BCUT2D eigenvalue weighted by atomic mass is 79.9. The highest BCUT2D eigenvalue weighted by molar-refractivity contribution is 9.10. The summed E-state index contributed by atoms with van der Waals surface area (Å²) in [4.78, 5) is 13.7. The van der Waals surface area contributed by atoms with Crippen LogP contribution in [0.4, 0.5) is 18.0 Å². The molecular weight excluding hydrogens is 447 g/mol. The fourth-order valence-electron chi connectivity index (χ4n) is 3.12. The monoisotopic (exact) mass is 467 g/mol. The molecule has 1 aliphatic rings. The van der Waals surface area contributed by atoms with Gasteiger partial charge in [-0.15, -0.1) is 0 Å². The summed E-state index contributed by atoms with van der Waals surface area (Å²) >= 11 is 9.82. The Bertz CT molecular complexity index is 741. The van der Waals surface area contributed by atoms with Gasteiger partial charge >= 0.3 is 12.3 Å². The van der Waals surface area contributed by atoms with Crippen molar-refractivity contribution >= 4 is 38.7 Å². The minimum atomic E-state index is -4.39. The molecule has 1 aromatic carbocycles. The molecule has 0 radical (unpaired) electrons. The summed E-state index contributed by atoms with van der Waals surface area (Å²) in [5, 5.41) is 0.236. The van der Waals surface area contributed by atoms with Crippen LogP contribution in [0.1, 0.15) is 39.7 Å². The number of likely N-dealkylation sites (tertiary alicyclic amines) is 1. The van der Waals surface area contributed by atoms with E-state index in [0.29, 0.717) is 11.1 Å². The van der Waals surface area contributed by atoms with Crippen molar-refractivity contribution in [2.45, 2.75) is 45.9 Å². The van der Waals surface area contributed by atoms with E-state index in [9.17, 15) is 18.0 Å². The molecule has 2 rings (SSSR count). The highest BCUT2D eigenvalue weighted by Gasteiger charge is 2.49. The molecule has 1 saturated heterocycles. The van der Waals surface area contributed by atoms with Gasteiger partial charge in [-0.3, -0.25) is 0 Å². The molecule has 0 N–H and O–H groups in total. The average molecular weight is 469 g/mol. The Morgan fingerprint density at radius 2 is 1.81 bits per heavy atom. The van der Waals surface area contributed by atoms with Gasteiger partial charge in [-0.1, -0.05) is 46.6 Å². The Hall–Kier alpha value is -1.21. The first-order valence-corrected chi connectivity index (χ1v) is 9.57. The summed E-state index contributed by atoms with van der Waals surface area (Å²) in [6.45, 7) is 6.51. The molecular formula is C19H22BrClF3NO2. The quantitative estimate of drug-likeness (QED) is 0.489. The Labute approximate surface area is 170 Å². The molecule has 1 atom stereocenters. The summed E-state index contributed by atoms with van der Waals surface area (Å²) in [5.41, 5.74) is -1.07. The molecule has 0 bridgehead atoms. The fraction of sp³-hybridized carbons (Fsp3) is 0.526. The predicted molar refractivity (Wildman–Crippen MR) is 104 cm³/mol. The molecule has 27 heavy (non-hydrogen) atoms. The predicted octanol–water partition coefficient (Wildman–Crippen LogP) is 6.61. The number of nitrogens with zero attached hydrogens (tertiary/aromatic N) is 1. The van der Waals surface area contributed by atoms with E-state index in [4.69, 9.17) is 16.3 Å². The van der Waals surface area contributed by atoms with E-state index >= 15 is 0 Å². The van der Waals surface area contributed by atoms with Crippen molar-refractivity contribution in [3.8, 4) is 0 Å². The lowest BCUT2D eigenvalue weighted by molar-refractivity contribution is -0.151. The lowest BCUT2D eigenvalue weighted by Crippen LogP contribution is -2.37. The first-order chi connectivity index (χ1) is 12.2. The van der Waals surface area contributed by atoms with Crippen LogP contribution in [0.15, 0.2) is 34.3 Å². The second-order valence-corrected chi connectivity index (χ2v) is 9.28. The number of benzene rings is 1. The van der Waals surface area contributed by atoms with Crippen molar-refractivity contribution in [2.24, 2.45) is 5.41 Å². The second-order valence-electron chi connectivity index (χ2n) is 7.99. The second kappa shape index (κ2) is 7.66. The van der Waals surface area contributed by atoms with Crippen molar-refractivity contribution in [3.05, 3.63) is 39.9 Å². The van der Waals surface area contributed by atoms with E-state index in [1.807, 2.05) is 0 Å². The van der Waals surface area contributed by atoms with E-state index < -0.39 is 29.7 Å². The van der Waals surface area contributed by atoms with Gasteiger partial charge in [0.05, 0.1) is 6.42 Å². The number of rotatable bonds is 2. The number of alkyl halides is 3. The lowest BCUT2D eigenvalue weighted by Gasteiger charge is -2.28. The van der Waals surface area contributed by atoms with E-state index in [1.165, 1.54) is 11.8 Å². The number of carbonyl (C=O) groups is 1. The van der Waals surface area contributed by atoms with Crippen LogP contribution in [0.5, 0.6) is 0 Å². The van der Waals surface area contributed by atoms with Crippen LogP contribution in [0.3, 0.4) is 0 Å². The highest BCUT2D eigenvalue weighted by Crippen LogP contribution is 2.48. The molecule has 1 amide bonds.